The normalized spacial score (nSPS) is 15.3. The number of anilines is 2. The molecule has 0 aliphatic heterocycles. The molecule has 1 aromatic carbocycles. The molecule has 156 valence electrons. The van der Waals surface area contributed by atoms with E-state index in [4.69, 9.17) is 4.42 Å². The van der Waals surface area contributed by atoms with Crippen molar-refractivity contribution in [1.29, 1.82) is 0 Å². The van der Waals surface area contributed by atoms with Crippen LogP contribution in [-0.2, 0) is 17.8 Å². The van der Waals surface area contributed by atoms with Crippen LogP contribution < -0.4 is 15.5 Å². The number of carbonyl (C=O) groups excluding carboxylic acids is 2. The smallest absolute Gasteiger partial charge is 0.293 e. The second-order valence-electron chi connectivity index (χ2n) is 7.48. The minimum Gasteiger partial charge on any atom is -0.459 e. The summed E-state index contributed by atoms with van der Waals surface area (Å²) >= 11 is 1.43. The monoisotopic (exact) mass is 424 g/mol. The largest absolute Gasteiger partial charge is 0.459 e. The molecule has 1 atom stereocenters. The van der Waals surface area contributed by atoms with Gasteiger partial charge in [0.1, 0.15) is 0 Å². The predicted molar refractivity (Wildman–Crippen MR) is 117 cm³/mol. The van der Waals surface area contributed by atoms with Gasteiger partial charge in [0, 0.05) is 31.2 Å². The van der Waals surface area contributed by atoms with Crippen molar-refractivity contribution in [2.45, 2.75) is 31.7 Å². The number of fused-ring (bicyclic) bond motifs is 1. The van der Waals surface area contributed by atoms with Crippen molar-refractivity contribution in [1.82, 2.24) is 10.3 Å². The molecule has 3 aromatic rings. The Kier molecular flexibility index (Phi) is 5.85. The zero-order chi connectivity index (χ0) is 21.1. The molecular weight excluding hydrogens is 400 g/mol. The number of nitrogens with one attached hydrogen (secondary N) is 2. The van der Waals surface area contributed by atoms with Crippen LogP contribution >= 0.6 is 11.3 Å². The summed E-state index contributed by atoms with van der Waals surface area (Å²) in [6, 6.07) is 11.4. The number of hydrogen-bond donors (Lipinski definition) is 2. The highest BCUT2D eigenvalue weighted by molar-refractivity contribution is 7.15. The first-order valence-electron chi connectivity index (χ1n) is 9.89. The molecule has 1 aliphatic rings. The molecule has 0 radical (unpaired) electrons. The predicted octanol–water partition coefficient (Wildman–Crippen LogP) is 3.79. The summed E-state index contributed by atoms with van der Waals surface area (Å²) in [6.07, 6.45) is 4.01. The molecule has 0 saturated heterocycles. The Hall–Kier alpha value is -3.13. The zero-order valence-corrected chi connectivity index (χ0v) is 17.8. The summed E-state index contributed by atoms with van der Waals surface area (Å²) < 4.78 is 5.12. The third-order valence-corrected chi connectivity index (χ3v) is 6.20. The Labute approximate surface area is 179 Å². The first-order chi connectivity index (χ1) is 14.5. The minimum atomic E-state index is -0.340. The van der Waals surface area contributed by atoms with Crippen molar-refractivity contribution in [2.75, 3.05) is 24.3 Å². The molecule has 0 spiro atoms. The average molecular weight is 425 g/mol. The highest BCUT2D eigenvalue weighted by Crippen LogP contribution is 2.37. The van der Waals surface area contributed by atoms with Crippen LogP contribution in [0.1, 0.15) is 45.4 Å². The van der Waals surface area contributed by atoms with Crippen LogP contribution in [0.3, 0.4) is 0 Å². The molecule has 8 heteroatoms. The van der Waals surface area contributed by atoms with Gasteiger partial charge in [-0.25, -0.2) is 4.98 Å². The first-order valence-corrected chi connectivity index (χ1v) is 10.7. The topological polar surface area (TPSA) is 87.5 Å². The molecule has 1 unspecified atom stereocenters. The van der Waals surface area contributed by atoms with Crippen LogP contribution in [0, 0.1) is 0 Å². The molecule has 1 aliphatic carbocycles. The molecular formula is C22H24N4O3S. The zero-order valence-electron chi connectivity index (χ0n) is 17.0. The minimum absolute atomic E-state index is 0.0261. The van der Waals surface area contributed by atoms with E-state index in [0.29, 0.717) is 11.7 Å². The van der Waals surface area contributed by atoms with Crippen molar-refractivity contribution in [3.63, 3.8) is 0 Å². The Balaban J connectivity index is 1.41. The summed E-state index contributed by atoms with van der Waals surface area (Å²) in [7, 11) is 3.99. The van der Waals surface area contributed by atoms with Gasteiger partial charge in [0.15, 0.2) is 10.9 Å². The van der Waals surface area contributed by atoms with Crippen LogP contribution in [0.15, 0.2) is 47.1 Å². The van der Waals surface area contributed by atoms with E-state index >= 15 is 0 Å². The highest BCUT2D eigenvalue weighted by atomic mass is 32.1. The van der Waals surface area contributed by atoms with E-state index in [1.165, 1.54) is 17.6 Å². The fraction of sp³-hybridized carbons (Fsp3) is 0.318. The number of hydrogen-bond acceptors (Lipinski definition) is 6. The summed E-state index contributed by atoms with van der Waals surface area (Å²) in [6.45, 7) is 0.477. The maximum atomic E-state index is 12.9. The lowest BCUT2D eigenvalue weighted by Crippen LogP contribution is -2.31. The van der Waals surface area contributed by atoms with E-state index in [-0.39, 0.29) is 23.5 Å². The fourth-order valence-electron chi connectivity index (χ4n) is 3.52. The third-order valence-electron chi connectivity index (χ3n) is 5.16. The Bertz CT molecular complexity index is 1030. The molecule has 2 N–H and O–H groups in total. The lowest BCUT2D eigenvalue weighted by molar-refractivity contribution is -0.123. The molecule has 0 saturated carbocycles. The fourth-order valence-corrected chi connectivity index (χ4v) is 4.58. The SMILES string of the molecule is CN(C)c1ccc(CNC(=O)C2CCCc3sc(NC(=O)c4ccco4)nc32)cc1. The summed E-state index contributed by atoms with van der Waals surface area (Å²) in [5.41, 5.74) is 2.95. The lowest BCUT2D eigenvalue weighted by Gasteiger charge is -2.20. The van der Waals surface area contributed by atoms with Gasteiger partial charge in [0.05, 0.1) is 17.9 Å². The molecule has 2 amide bonds. The maximum Gasteiger partial charge on any atom is 0.293 e. The van der Waals surface area contributed by atoms with E-state index in [1.807, 2.05) is 43.3 Å². The van der Waals surface area contributed by atoms with Crippen LogP contribution in [-0.4, -0.2) is 30.9 Å². The summed E-state index contributed by atoms with van der Waals surface area (Å²) in [5, 5.41) is 6.31. The molecule has 30 heavy (non-hydrogen) atoms. The van der Waals surface area contributed by atoms with Gasteiger partial charge in [0.25, 0.3) is 5.91 Å². The van der Waals surface area contributed by atoms with Crippen molar-refractivity contribution in [3.05, 3.63) is 64.6 Å². The Morgan fingerprint density at radius 3 is 2.73 bits per heavy atom. The number of furan rings is 1. The molecule has 4 rings (SSSR count). The lowest BCUT2D eigenvalue weighted by atomic mass is 9.90. The number of aryl methyl sites for hydroxylation is 1. The van der Waals surface area contributed by atoms with E-state index < -0.39 is 0 Å². The summed E-state index contributed by atoms with van der Waals surface area (Å²) in [5.74, 6) is -0.423. The second-order valence-corrected chi connectivity index (χ2v) is 8.57. The summed E-state index contributed by atoms with van der Waals surface area (Å²) in [4.78, 5) is 32.7. The molecule has 2 aromatic heterocycles. The highest BCUT2D eigenvalue weighted by Gasteiger charge is 2.30. The van der Waals surface area contributed by atoms with Gasteiger partial charge in [-0.2, -0.15) is 0 Å². The van der Waals surface area contributed by atoms with E-state index in [1.54, 1.807) is 12.1 Å². The van der Waals surface area contributed by atoms with Crippen LogP contribution in [0.5, 0.6) is 0 Å². The maximum absolute atomic E-state index is 12.9. The standard InChI is InChI=1S/C22H24N4O3S/c1-26(2)15-10-8-14(9-11-15)13-23-20(27)16-5-3-7-18-19(16)24-22(30-18)25-21(28)17-6-4-12-29-17/h4,6,8-12,16H,3,5,7,13H2,1-2H3,(H,23,27)(H,24,25,28). The number of rotatable bonds is 6. The van der Waals surface area contributed by atoms with E-state index in [0.717, 1.165) is 41.1 Å². The second kappa shape index (κ2) is 8.71. The van der Waals surface area contributed by atoms with Crippen molar-refractivity contribution in [2.24, 2.45) is 0 Å². The molecule has 0 fully saturated rings. The molecule has 7 nitrogen and oxygen atoms in total. The molecule has 0 bridgehead atoms. The van der Waals surface area contributed by atoms with E-state index in [2.05, 4.69) is 15.6 Å². The number of thiazole rings is 1. The van der Waals surface area contributed by atoms with Gasteiger partial charge in [-0.3, -0.25) is 14.9 Å². The van der Waals surface area contributed by atoms with Crippen molar-refractivity contribution in [3.8, 4) is 0 Å². The number of nitrogens with zero attached hydrogens (tertiary/aromatic N) is 2. The van der Waals surface area contributed by atoms with Gasteiger partial charge in [-0.1, -0.05) is 12.1 Å². The van der Waals surface area contributed by atoms with Gasteiger partial charge in [-0.05, 0) is 49.1 Å². The Morgan fingerprint density at radius 1 is 1.23 bits per heavy atom. The van der Waals surface area contributed by atoms with Crippen LogP contribution in [0.4, 0.5) is 10.8 Å². The van der Waals surface area contributed by atoms with Crippen molar-refractivity contribution >= 4 is 34.0 Å². The Morgan fingerprint density at radius 2 is 2.03 bits per heavy atom. The van der Waals surface area contributed by atoms with Gasteiger partial charge in [-0.15, -0.1) is 11.3 Å². The number of benzene rings is 1. The number of aromatic nitrogens is 1. The molecule has 2 heterocycles. The quantitative estimate of drug-likeness (QED) is 0.629. The number of amides is 2. The van der Waals surface area contributed by atoms with E-state index in [9.17, 15) is 9.59 Å². The van der Waals surface area contributed by atoms with Crippen molar-refractivity contribution < 1.29 is 14.0 Å². The first kappa shape index (κ1) is 20.2. The van der Waals surface area contributed by atoms with Gasteiger partial charge < -0.3 is 14.6 Å². The van der Waals surface area contributed by atoms with Crippen LogP contribution in [0.25, 0.3) is 0 Å². The average Bonchev–Trinajstić information content (AvgIpc) is 3.41. The van der Waals surface area contributed by atoms with Gasteiger partial charge in [0.2, 0.25) is 5.91 Å². The van der Waals surface area contributed by atoms with Crippen LogP contribution in [0.2, 0.25) is 0 Å². The van der Waals surface area contributed by atoms with Gasteiger partial charge >= 0.3 is 0 Å². The third kappa shape index (κ3) is 4.38. The number of carbonyl (C=O) groups is 2.